The molecule has 1 aromatic carbocycles. The van der Waals surface area contributed by atoms with Gasteiger partial charge in [-0.25, -0.2) is 13.4 Å². The Morgan fingerprint density at radius 3 is 2.33 bits per heavy atom. The highest BCUT2D eigenvalue weighted by Gasteiger charge is 2.23. The fourth-order valence-corrected chi connectivity index (χ4v) is 6.04. The topological polar surface area (TPSA) is 68.5 Å². The summed E-state index contributed by atoms with van der Waals surface area (Å²) in [6.07, 6.45) is 3.28. The van der Waals surface area contributed by atoms with E-state index in [2.05, 4.69) is 0 Å². The van der Waals surface area contributed by atoms with Gasteiger partial charge >= 0.3 is 0 Å². The molecule has 154 valence electrons. The van der Waals surface area contributed by atoms with Gasteiger partial charge in [-0.3, -0.25) is 4.79 Å². The molecule has 0 spiro atoms. The molecule has 4 aromatic rings. The van der Waals surface area contributed by atoms with Crippen LogP contribution in [0.25, 0.3) is 16.9 Å². The fraction of sp³-hybridized carbons (Fsp3) is 0.217. The number of carbonyl (C=O) groups is 1. The fourth-order valence-electron chi connectivity index (χ4n) is 3.58. The van der Waals surface area contributed by atoms with E-state index >= 15 is 0 Å². The number of aryl methyl sites for hydroxylation is 2. The van der Waals surface area contributed by atoms with E-state index in [4.69, 9.17) is 4.98 Å². The Balaban J connectivity index is 1.83. The van der Waals surface area contributed by atoms with Crippen molar-refractivity contribution in [3.8, 4) is 11.3 Å². The molecule has 0 aliphatic carbocycles. The zero-order chi connectivity index (χ0) is 21.6. The predicted molar refractivity (Wildman–Crippen MR) is 120 cm³/mol. The second-order valence-electron chi connectivity index (χ2n) is 7.63. The highest BCUT2D eigenvalue weighted by Crippen LogP contribution is 2.30. The van der Waals surface area contributed by atoms with Crippen LogP contribution in [0.2, 0.25) is 0 Å². The minimum Gasteiger partial charge on any atom is -0.303 e. The number of pyridine rings is 1. The zero-order valence-corrected chi connectivity index (χ0v) is 18.9. The van der Waals surface area contributed by atoms with E-state index in [1.807, 2.05) is 60.8 Å². The van der Waals surface area contributed by atoms with Crippen LogP contribution in [0.15, 0.2) is 52.9 Å². The molecule has 0 radical (unpaired) electrons. The second-order valence-corrected chi connectivity index (χ2v) is 10.5. The van der Waals surface area contributed by atoms with Crippen molar-refractivity contribution >= 4 is 32.6 Å². The van der Waals surface area contributed by atoms with E-state index in [9.17, 15) is 13.2 Å². The summed E-state index contributed by atoms with van der Waals surface area (Å²) in [6.45, 7) is 5.72. The maximum Gasteiger partial charge on any atom is 0.179 e. The van der Waals surface area contributed by atoms with Crippen LogP contribution in [0, 0.1) is 20.8 Å². The number of benzene rings is 1. The first-order valence-electron chi connectivity index (χ1n) is 9.51. The molecule has 0 amide bonds. The zero-order valence-electron chi connectivity index (χ0n) is 17.3. The number of sulfone groups is 1. The van der Waals surface area contributed by atoms with Crippen LogP contribution in [0.3, 0.4) is 0 Å². The first kappa shape index (κ1) is 20.5. The molecule has 4 rings (SSSR count). The van der Waals surface area contributed by atoms with Crippen molar-refractivity contribution in [3.63, 3.8) is 0 Å². The quantitative estimate of drug-likeness (QED) is 0.419. The summed E-state index contributed by atoms with van der Waals surface area (Å²) in [7, 11) is -3.36. The van der Waals surface area contributed by atoms with Crippen LogP contribution in [-0.2, 0) is 16.3 Å². The van der Waals surface area contributed by atoms with Gasteiger partial charge in [0.1, 0.15) is 5.65 Å². The van der Waals surface area contributed by atoms with Crippen molar-refractivity contribution in [2.24, 2.45) is 0 Å². The van der Waals surface area contributed by atoms with Crippen molar-refractivity contribution in [3.05, 3.63) is 75.2 Å². The summed E-state index contributed by atoms with van der Waals surface area (Å²) in [5.74, 6) is -0.107. The van der Waals surface area contributed by atoms with Gasteiger partial charge in [0.2, 0.25) is 0 Å². The maximum atomic E-state index is 13.2. The number of rotatable bonds is 5. The number of fused-ring (bicyclic) bond motifs is 1. The average Bonchev–Trinajstić information content (AvgIpc) is 3.23. The molecule has 0 aliphatic rings. The Morgan fingerprint density at radius 2 is 1.70 bits per heavy atom. The lowest BCUT2D eigenvalue weighted by atomic mass is 10.0. The lowest BCUT2D eigenvalue weighted by molar-refractivity contribution is 0.0995. The summed E-state index contributed by atoms with van der Waals surface area (Å²) in [5, 5.41) is 1.55. The number of carbonyl (C=O) groups excluding carboxylic acids is 1. The first-order valence-corrected chi connectivity index (χ1v) is 12.3. The number of aromatic nitrogens is 2. The molecule has 0 unspecified atom stereocenters. The number of hydrogen-bond donors (Lipinski definition) is 0. The van der Waals surface area contributed by atoms with Crippen molar-refractivity contribution in [2.75, 3.05) is 6.26 Å². The Bertz CT molecular complexity index is 1380. The number of hydrogen-bond acceptors (Lipinski definition) is 5. The van der Waals surface area contributed by atoms with Gasteiger partial charge < -0.3 is 4.40 Å². The summed E-state index contributed by atoms with van der Waals surface area (Å²) >= 11 is 1.19. The number of ketones is 1. The first-order chi connectivity index (χ1) is 14.1. The van der Waals surface area contributed by atoms with E-state index in [-0.39, 0.29) is 17.1 Å². The molecule has 0 fully saturated rings. The lowest BCUT2D eigenvalue weighted by Gasteiger charge is -2.07. The van der Waals surface area contributed by atoms with E-state index in [1.165, 1.54) is 17.6 Å². The SMILES string of the molecule is Cc1ccc(-c2nc3ccc(C)cn3c2CC(=O)c2scc(S(C)(=O)=O)c2C)cc1. The van der Waals surface area contributed by atoms with Gasteiger partial charge in [-0.1, -0.05) is 35.9 Å². The van der Waals surface area contributed by atoms with E-state index in [1.54, 1.807) is 12.3 Å². The van der Waals surface area contributed by atoms with Crippen molar-refractivity contribution in [2.45, 2.75) is 32.1 Å². The summed E-state index contributed by atoms with van der Waals surface area (Å²) in [6, 6.07) is 12.0. The molecule has 0 saturated carbocycles. The molecule has 0 saturated heterocycles. The van der Waals surface area contributed by atoms with Crippen LogP contribution in [0.4, 0.5) is 0 Å². The van der Waals surface area contributed by atoms with Gasteiger partial charge in [-0.05, 0) is 38.0 Å². The van der Waals surface area contributed by atoms with Gasteiger partial charge in [0, 0.05) is 23.4 Å². The Kier molecular flexibility index (Phi) is 5.11. The lowest BCUT2D eigenvalue weighted by Crippen LogP contribution is -2.08. The predicted octanol–water partition coefficient (Wildman–Crippen LogP) is 4.82. The molecule has 7 heteroatoms. The third kappa shape index (κ3) is 3.70. The summed E-state index contributed by atoms with van der Waals surface area (Å²) in [4.78, 5) is 18.7. The molecule has 0 bridgehead atoms. The normalized spacial score (nSPS) is 11.9. The van der Waals surface area contributed by atoms with E-state index in [0.717, 1.165) is 33.7 Å². The summed E-state index contributed by atoms with van der Waals surface area (Å²) < 4.78 is 25.9. The van der Waals surface area contributed by atoms with Gasteiger partial charge in [0.05, 0.1) is 27.6 Å². The minimum absolute atomic E-state index is 0.107. The van der Waals surface area contributed by atoms with Crippen LogP contribution < -0.4 is 0 Å². The van der Waals surface area contributed by atoms with E-state index in [0.29, 0.717) is 10.4 Å². The standard InChI is InChI=1S/C23H22N2O3S2/c1-14-5-8-17(9-6-14)22-18(25-12-15(2)7-10-21(25)24-22)11-19(26)23-16(3)20(13-29-23)30(4,27)28/h5-10,12-13H,11H2,1-4H3. The minimum atomic E-state index is -3.36. The van der Waals surface area contributed by atoms with E-state index < -0.39 is 9.84 Å². The molecule has 0 atom stereocenters. The monoisotopic (exact) mass is 438 g/mol. The van der Waals surface area contributed by atoms with Crippen molar-refractivity contribution < 1.29 is 13.2 Å². The number of thiophene rings is 1. The van der Waals surface area contributed by atoms with Crippen LogP contribution in [0.5, 0.6) is 0 Å². The Hall–Kier alpha value is -2.77. The van der Waals surface area contributed by atoms with Crippen LogP contribution >= 0.6 is 11.3 Å². The summed E-state index contributed by atoms with van der Waals surface area (Å²) in [5.41, 5.74) is 6.04. The molecule has 3 aromatic heterocycles. The molecular weight excluding hydrogens is 416 g/mol. The highest BCUT2D eigenvalue weighted by molar-refractivity contribution is 7.90. The van der Waals surface area contributed by atoms with Gasteiger partial charge in [-0.15, -0.1) is 11.3 Å². The highest BCUT2D eigenvalue weighted by atomic mass is 32.2. The van der Waals surface area contributed by atoms with Gasteiger partial charge in [0.15, 0.2) is 15.6 Å². The third-order valence-corrected chi connectivity index (χ3v) is 7.66. The maximum absolute atomic E-state index is 13.2. The molecule has 5 nitrogen and oxygen atoms in total. The van der Waals surface area contributed by atoms with Crippen molar-refractivity contribution in [1.82, 2.24) is 9.38 Å². The van der Waals surface area contributed by atoms with Crippen molar-refractivity contribution in [1.29, 1.82) is 0 Å². The largest absolute Gasteiger partial charge is 0.303 e. The molecule has 3 heterocycles. The molecular formula is C23H22N2O3S2. The van der Waals surface area contributed by atoms with Gasteiger partial charge in [0.25, 0.3) is 0 Å². The van der Waals surface area contributed by atoms with Crippen LogP contribution in [-0.4, -0.2) is 29.8 Å². The Labute approximate surface area is 180 Å². The Morgan fingerprint density at radius 1 is 1.03 bits per heavy atom. The van der Waals surface area contributed by atoms with Gasteiger partial charge in [-0.2, -0.15) is 0 Å². The number of nitrogens with zero attached hydrogens (tertiary/aromatic N) is 2. The molecule has 0 N–H and O–H groups in total. The smallest absolute Gasteiger partial charge is 0.179 e. The second kappa shape index (κ2) is 7.49. The molecule has 30 heavy (non-hydrogen) atoms. The third-order valence-electron chi connectivity index (χ3n) is 5.17. The molecule has 0 aliphatic heterocycles. The van der Waals surface area contributed by atoms with Crippen LogP contribution in [0.1, 0.15) is 32.1 Å². The number of Topliss-reactive ketones (excluding diaryl/α,β-unsaturated/α-hetero) is 1. The number of imidazole rings is 1. The average molecular weight is 439 g/mol.